The molecule has 1 heterocycles. The smallest absolute Gasteiger partial charge is 0.0922 e. The van der Waals surface area contributed by atoms with E-state index < -0.39 is 0 Å². The summed E-state index contributed by atoms with van der Waals surface area (Å²) < 4.78 is 0. The average molecular weight is 231 g/mol. The van der Waals surface area contributed by atoms with Crippen LogP contribution in [0.15, 0.2) is 12.5 Å². The lowest BCUT2D eigenvalue weighted by atomic mass is 9.79. The topological polar surface area (TPSA) is 40.7 Å². The fourth-order valence-electron chi connectivity index (χ4n) is 4.93. The number of nitrogens with zero attached hydrogens (tertiary/aromatic N) is 1. The molecular formula is C14H21N3. The van der Waals surface area contributed by atoms with Gasteiger partial charge in [0.15, 0.2) is 0 Å². The molecule has 3 saturated carbocycles. The minimum atomic E-state index is 0.780. The van der Waals surface area contributed by atoms with Crippen molar-refractivity contribution in [1.29, 1.82) is 0 Å². The predicted molar refractivity (Wildman–Crippen MR) is 66.3 cm³/mol. The van der Waals surface area contributed by atoms with Crippen molar-refractivity contribution in [2.75, 3.05) is 0 Å². The number of hydrogen-bond donors (Lipinski definition) is 2. The van der Waals surface area contributed by atoms with E-state index in [1.165, 1.54) is 37.8 Å². The van der Waals surface area contributed by atoms with E-state index in [9.17, 15) is 0 Å². The third-order valence-electron chi connectivity index (χ3n) is 5.54. The Kier molecular flexibility index (Phi) is 2.29. The second-order valence-corrected chi connectivity index (χ2v) is 6.22. The number of H-pyrrole nitrogens is 1. The molecular weight excluding hydrogens is 210 g/mol. The van der Waals surface area contributed by atoms with Gasteiger partial charge >= 0.3 is 0 Å². The number of hydrogen-bond acceptors (Lipinski definition) is 2. The van der Waals surface area contributed by atoms with Gasteiger partial charge in [0.05, 0.1) is 6.33 Å². The second kappa shape index (κ2) is 3.84. The number of nitrogens with one attached hydrogen (secondary N) is 2. The fourth-order valence-corrected chi connectivity index (χ4v) is 4.93. The van der Waals surface area contributed by atoms with E-state index in [-0.39, 0.29) is 0 Å². The Bertz CT molecular complexity index is 386. The molecule has 2 N–H and O–H groups in total. The third kappa shape index (κ3) is 1.55. The number of aromatic amines is 1. The van der Waals surface area contributed by atoms with Gasteiger partial charge in [0.1, 0.15) is 0 Å². The molecule has 0 aromatic carbocycles. The summed E-state index contributed by atoms with van der Waals surface area (Å²) in [5, 5.41) is 3.76. The van der Waals surface area contributed by atoms with Crippen molar-refractivity contribution < 1.29 is 0 Å². The van der Waals surface area contributed by atoms with Crippen LogP contribution in [0.25, 0.3) is 0 Å². The standard InChI is InChI=1S/C14H21N3/c1-2-11-9-4-13(12(11)3-1)14(5-9)16-7-10-6-15-8-17-10/h6,8-9,11-14,16H,1-5,7H2,(H,15,17)/t9-,11+,12+,13-,14+/m0/s1. The Morgan fingerprint density at radius 3 is 3.06 bits per heavy atom. The first kappa shape index (κ1) is 10.1. The molecule has 3 fully saturated rings. The summed E-state index contributed by atoms with van der Waals surface area (Å²) in [4.78, 5) is 7.25. The van der Waals surface area contributed by atoms with Gasteiger partial charge in [0, 0.05) is 24.5 Å². The lowest BCUT2D eigenvalue weighted by Gasteiger charge is -2.32. The Hall–Kier alpha value is -0.830. The van der Waals surface area contributed by atoms with E-state index in [2.05, 4.69) is 15.3 Å². The van der Waals surface area contributed by atoms with E-state index in [4.69, 9.17) is 0 Å². The Labute approximate surface area is 102 Å². The summed E-state index contributed by atoms with van der Waals surface area (Å²) in [6, 6.07) is 0.780. The van der Waals surface area contributed by atoms with Gasteiger partial charge in [0.2, 0.25) is 0 Å². The van der Waals surface area contributed by atoms with Crippen LogP contribution in [0.4, 0.5) is 0 Å². The highest BCUT2D eigenvalue weighted by atomic mass is 15.0. The highest BCUT2D eigenvalue weighted by molar-refractivity contribution is 5.06. The summed E-state index contributed by atoms with van der Waals surface area (Å²) in [5.74, 6) is 4.19. The van der Waals surface area contributed by atoms with E-state index in [0.29, 0.717) is 0 Å². The van der Waals surface area contributed by atoms with Crippen LogP contribution in [0, 0.1) is 23.7 Å². The molecule has 92 valence electrons. The Morgan fingerprint density at radius 1 is 1.24 bits per heavy atom. The van der Waals surface area contributed by atoms with Crippen LogP contribution in [-0.2, 0) is 6.54 Å². The van der Waals surface area contributed by atoms with Gasteiger partial charge in [-0.2, -0.15) is 0 Å². The normalized spacial score (nSPS) is 43.2. The van der Waals surface area contributed by atoms with Crippen LogP contribution in [-0.4, -0.2) is 16.0 Å². The summed E-state index contributed by atoms with van der Waals surface area (Å²) in [5.41, 5.74) is 1.22. The molecule has 1 aromatic rings. The first-order chi connectivity index (χ1) is 8.42. The van der Waals surface area contributed by atoms with Crippen LogP contribution >= 0.6 is 0 Å². The van der Waals surface area contributed by atoms with Crippen molar-refractivity contribution in [2.45, 2.75) is 44.7 Å². The van der Waals surface area contributed by atoms with E-state index in [1.54, 1.807) is 6.33 Å². The molecule has 2 bridgehead atoms. The molecule has 0 spiro atoms. The lowest BCUT2D eigenvalue weighted by molar-refractivity contribution is 0.207. The van der Waals surface area contributed by atoms with E-state index in [1.807, 2.05) is 6.20 Å². The number of fused-ring (bicyclic) bond motifs is 5. The zero-order chi connectivity index (χ0) is 11.2. The van der Waals surface area contributed by atoms with Gasteiger partial charge in [-0.25, -0.2) is 4.98 Å². The fraction of sp³-hybridized carbons (Fsp3) is 0.786. The maximum absolute atomic E-state index is 4.07. The summed E-state index contributed by atoms with van der Waals surface area (Å²) in [6.45, 7) is 0.964. The molecule has 3 aliphatic rings. The highest BCUT2D eigenvalue weighted by Gasteiger charge is 2.53. The van der Waals surface area contributed by atoms with Crippen molar-refractivity contribution in [1.82, 2.24) is 15.3 Å². The lowest BCUT2D eigenvalue weighted by Crippen LogP contribution is -2.38. The molecule has 0 amide bonds. The molecule has 1 aromatic heterocycles. The zero-order valence-electron chi connectivity index (χ0n) is 10.2. The van der Waals surface area contributed by atoms with Crippen molar-refractivity contribution in [3.8, 4) is 0 Å². The molecule has 0 radical (unpaired) electrons. The van der Waals surface area contributed by atoms with Gasteiger partial charge in [-0.3, -0.25) is 0 Å². The van der Waals surface area contributed by atoms with E-state index >= 15 is 0 Å². The molecule has 4 rings (SSSR count). The molecule has 0 aliphatic heterocycles. The molecule has 0 unspecified atom stereocenters. The first-order valence-electron chi connectivity index (χ1n) is 7.12. The van der Waals surface area contributed by atoms with Crippen LogP contribution in [0.1, 0.15) is 37.8 Å². The van der Waals surface area contributed by atoms with Crippen molar-refractivity contribution >= 4 is 0 Å². The molecule has 5 atom stereocenters. The highest BCUT2D eigenvalue weighted by Crippen LogP contribution is 2.58. The van der Waals surface area contributed by atoms with Gasteiger partial charge in [-0.05, 0) is 49.4 Å². The first-order valence-corrected chi connectivity index (χ1v) is 7.12. The molecule has 0 saturated heterocycles. The van der Waals surface area contributed by atoms with Crippen molar-refractivity contribution in [2.24, 2.45) is 23.7 Å². The van der Waals surface area contributed by atoms with Crippen LogP contribution in [0.5, 0.6) is 0 Å². The Morgan fingerprint density at radius 2 is 2.18 bits per heavy atom. The maximum Gasteiger partial charge on any atom is 0.0922 e. The minimum absolute atomic E-state index is 0.780. The van der Waals surface area contributed by atoms with Crippen LogP contribution in [0.3, 0.4) is 0 Å². The third-order valence-corrected chi connectivity index (χ3v) is 5.54. The van der Waals surface area contributed by atoms with Crippen molar-refractivity contribution in [3.63, 3.8) is 0 Å². The van der Waals surface area contributed by atoms with Crippen LogP contribution < -0.4 is 5.32 Å². The second-order valence-electron chi connectivity index (χ2n) is 6.22. The number of rotatable bonds is 3. The van der Waals surface area contributed by atoms with Gasteiger partial charge in [0.25, 0.3) is 0 Å². The quantitative estimate of drug-likeness (QED) is 0.838. The molecule has 3 nitrogen and oxygen atoms in total. The monoisotopic (exact) mass is 231 g/mol. The maximum atomic E-state index is 4.07. The Balaban J connectivity index is 1.41. The SMILES string of the molecule is c1ncc(CN[C@@H]2C[C@@H]3C[C@H]2[C@@H]2CCC[C@H]32)[nH]1. The number of imidazole rings is 1. The van der Waals surface area contributed by atoms with E-state index in [0.717, 1.165) is 36.3 Å². The van der Waals surface area contributed by atoms with Crippen LogP contribution in [0.2, 0.25) is 0 Å². The molecule has 3 heteroatoms. The van der Waals surface area contributed by atoms with Crippen molar-refractivity contribution in [3.05, 3.63) is 18.2 Å². The molecule has 17 heavy (non-hydrogen) atoms. The number of aromatic nitrogens is 2. The average Bonchev–Trinajstić information content (AvgIpc) is 3.08. The zero-order valence-corrected chi connectivity index (χ0v) is 10.2. The minimum Gasteiger partial charge on any atom is -0.347 e. The largest absolute Gasteiger partial charge is 0.347 e. The predicted octanol–water partition coefficient (Wildman–Crippen LogP) is 2.32. The summed E-state index contributed by atoms with van der Waals surface area (Å²) in [6.07, 6.45) is 11.2. The van der Waals surface area contributed by atoms with Gasteiger partial charge in [-0.1, -0.05) is 6.42 Å². The summed E-state index contributed by atoms with van der Waals surface area (Å²) >= 11 is 0. The molecule has 3 aliphatic carbocycles. The van der Waals surface area contributed by atoms with Gasteiger partial charge < -0.3 is 10.3 Å². The van der Waals surface area contributed by atoms with Gasteiger partial charge in [-0.15, -0.1) is 0 Å². The summed E-state index contributed by atoms with van der Waals surface area (Å²) in [7, 11) is 0.